The summed E-state index contributed by atoms with van der Waals surface area (Å²) in [7, 11) is 4.81. The molecule has 7 heteroatoms. The lowest BCUT2D eigenvalue weighted by molar-refractivity contribution is 0.0694. The molecule has 154 valence electrons. The van der Waals surface area contributed by atoms with Crippen LogP contribution < -0.4 is 23.7 Å². The van der Waals surface area contributed by atoms with E-state index < -0.39 is 0 Å². The first-order valence-corrected chi connectivity index (χ1v) is 9.66. The number of aliphatic hydroxyl groups is 1. The zero-order chi connectivity index (χ0) is 20.1. The highest BCUT2D eigenvalue weighted by Gasteiger charge is 2.49. The van der Waals surface area contributed by atoms with Gasteiger partial charge in [-0.15, -0.1) is 0 Å². The van der Waals surface area contributed by atoms with Crippen molar-refractivity contribution >= 4 is 0 Å². The standard InChI is InChI=1S/C22H24O7/c1-24-18-4-11(5-19(25-2)22(18)26-3)20-12-6-16-17(29-10-28-16)7-13(12)21-14(8-23)15(20)9-27-21/h4-7,14-15,20-21,23H,8-10H2,1-3H3/t14?,15-,20-,21-/m1/s1. The molecule has 5 rings (SSSR count). The molecule has 1 fully saturated rings. The van der Waals surface area contributed by atoms with Gasteiger partial charge >= 0.3 is 0 Å². The quantitative estimate of drug-likeness (QED) is 0.827. The molecule has 7 nitrogen and oxygen atoms in total. The molecule has 0 amide bonds. The fraction of sp³-hybridized carbons (Fsp3) is 0.455. The van der Waals surface area contributed by atoms with Crippen LogP contribution in [0.15, 0.2) is 24.3 Å². The van der Waals surface area contributed by atoms with E-state index in [-0.39, 0.29) is 37.3 Å². The summed E-state index contributed by atoms with van der Waals surface area (Å²) >= 11 is 0. The van der Waals surface area contributed by atoms with E-state index in [2.05, 4.69) is 0 Å². The van der Waals surface area contributed by atoms with Crippen LogP contribution in [0.1, 0.15) is 28.7 Å². The van der Waals surface area contributed by atoms with E-state index >= 15 is 0 Å². The summed E-state index contributed by atoms with van der Waals surface area (Å²) in [5.74, 6) is 3.34. The van der Waals surface area contributed by atoms with Crippen molar-refractivity contribution in [3.8, 4) is 28.7 Å². The van der Waals surface area contributed by atoms with Crippen LogP contribution in [0.4, 0.5) is 0 Å². The minimum absolute atomic E-state index is 0.00645. The normalized spacial score (nSPS) is 26.2. The summed E-state index contributed by atoms with van der Waals surface area (Å²) < 4.78 is 34.0. The topological polar surface area (TPSA) is 75.6 Å². The smallest absolute Gasteiger partial charge is 0.231 e. The van der Waals surface area contributed by atoms with Gasteiger partial charge in [0.15, 0.2) is 23.0 Å². The number of hydrogen-bond acceptors (Lipinski definition) is 7. The van der Waals surface area contributed by atoms with Gasteiger partial charge in [0.1, 0.15) is 0 Å². The van der Waals surface area contributed by atoms with E-state index in [1.54, 1.807) is 21.3 Å². The van der Waals surface area contributed by atoms with Crippen molar-refractivity contribution in [3.63, 3.8) is 0 Å². The molecule has 3 aliphatic rings. The van der Waals surface area contributed by atoms with E-state index in [0.29, 0.717) is 23.9 Å². The molecule has 2 bridgehead atoms. The Morgan fingerprint density at radius 1 is 0.931 bits per heavy atom. The Balaban J connectivity index is 1.71. The lowest BCUT2D eigenvalue weighted by Gasteiger charge is -2.36. The van der Waals surface area contributed by atoms with Gasteiger partial charge in [-0.3, -0.25) is 0 Å². The van der Waals surface area contributed by atoms with Crippen LogP contribution in [-0.4, -0.2) is 46.4 Å². The molecule has 4 atom stereocenters. The number of hydrogen-bond donors (Lipinski definition) is 1. The lowest BCUT2D eigenvalue weighted by atomic mass is 9.67. The minimum Gasteiger partial charge on any atom is -0.493 e. The Bertz CT molecular complexity index is 916. The average Bonchev–Trinajstić information content (AvgIpc) is 3.35. The zero-order valence-electron chi connectivity index (χ0n) is 16.6. The highest BCUT2D eigenvalue weighted by Crippen LogP contribution is 2.57. The fourth-order valence-electron chi connectivity index (χ4n) is 5.01. The molecule has 1 unspecified atom stereocenters. The summed E-state index contributed by atoms with van der Waals surface area (Å²) in [5.41, 5.74) is 3.19. The van der Waals surface area contributed by atoms with Crippen molar-refractivity contribution in [2.24, 2.45) is 11.8 Å². The van der Waals surface area contributed by atoms with Crippen molar-refractivity contribution in [2.45, 2.75) is 12.0 Å². The minimum atomic E-state index is -0.146. The van der Waals surface area contributed by atoms with Crippen molar-refractivity contribution in [1.29, 1.82) is 0 Å². The number of aliphatic hydroxyl groups excluding tert-OH is 1. The van der Waals surface area contributed by atoms with Gasteiger partial charge in [0, 0.05) is 24.4 Å². The second-order valence-electron chi connectivity index (χ2n) is 7.53. The number of fused-ring (bicyclic) bond motifs is 5. The zero-order valence-corrected chi connectivity index (χ0v) is 16.6. The lowest BCUT2D eigenvalue weighted by Crippen LogP contribution is -2.31. The molecular formula is C22H24O7. The Morgan fingerprint density at radius 3 is 2.17 bits per heavy atom. The van der Waals surface area contributed by atoms with Crippen LogP contribution in [0.2, 0.25) is 0 Å². The van der Waals surface area contributed by atoms with E-state index in [9.17, 15) is 5.11 Å². The summed E-state index contributed by atoms with van der Waals surface area (Å²) in [6.07, 6.45) is -0.146. The highest BCUT2D eigenvalue weighted by molar-refractivity contribution is 5.59. The Kier molecular flexibility index (Phi) is 4.44. The number of benzene rings is 2. The second kappa shape index (κ2) is 7.00. The van der Waals surface area contributed by atoms with Gasteiger partial charge in [0.2, 0.25) is 12.5 Å². The summed E-state index contributed by atoms with van der Waals surface area (Å²) in [6.45, 7) is 0.841. The highest BCUT2D eigenvalue weighted by atomic mass is 16.7. The molecule has 0 saturated carbocycles. The molecule has 0 spiro atoms. The van der Waals surface area contributed by atoms with Crippen molar-refractivity contribution in [1.82, 2.24) is 0 Å². The molecule has 1 N–H and O–H groups in total. The molecule has 1 aliphatic carbocycles. The number of methoxy groups -OCH3 is 3. The van der Waals surface area contributed by atoms with Crippen LogP contribution >= 0.6 is 0 Å². The SMILES string of the molecule is COc1cc([C@@H]2c3cc4c(cc3[C@H]3OC[C@@H]2C3CO)OCO4)cc(OC)c1OC. The molecule has 2 heterocycles. The van der Waals surface area contributed by atoms with Gasteiger partial charge in [0.25, 0.3) is 0 Å². The van der Waals surface area contributed by atoms with Gasteiger partial charge in [-0.1, -0.05) is 0 Å². The Morgan fingerprint density at radius 2 is 1.59 bits per heavy atom. The predicted octanol–water partition coefficient (Wildman–Crippen LogP) is 2.88. The predicted molar refractivity (Wildman–Crippen MR) is 103 cm³/mol. The van der Waals surface area contributed by atoms with Gasteiger partial charge in [0.05, 0.1) is 34.0 Å². The summed E-state index contributed by atoms with van der Waals surface area (Å²) in [4.78, 5) is 0. The monoisotopic (exact) mass is 400 g/mol. The van der Waals surface area contributed by atoms with Crippen LogP contribution in [0.5, 0.6) is 28.7 Å². The third-order valence-electron chi connectivity index (χ3n) is 6.31. The van der Waals surface area contributed by atoms with Crippen molar-refractivity contribution < 1.29 is 33.5 Å². The first-order valence-electron chi connectivity index (χ1n) is 9.66. The number of rotatable bonds is 5. The molecular weight excluding hydrogens is 376 g/mol. The molecule has 0 aromatic heterocycles. The summed E-state index contributed by atoms with van der Waals surface area (Å²) in [6, 6.07) is 8.01. The first kappa shape index (κ1) is 18.4. The van der Waals surface area contributed by atoms with Crippen molar-refractivity contribution in [3.05, 3.63) is 41.0 Å². The van der Waals surface area contributed by atoms with Gasteiger partial charge < -0.3 is 33.5 Å². The molecule has 2 aromatic rings. The van der Waals surface area contributed by atoms with E-state index in [1.807, 2.05) is 24.3 Å². The Hall–Kier alpha value is -2.64. The largest absolute Gasteiger partial charge is 0.493 e. The average molecular weight is 400 g/mol. The number of ether oxygens (including phenoxy) is 6. The van der Waals surface area contributed by atoms with Gasteiger partial charge in [-0.25, -0.2) is 0 Å². The molecule has 29 heavy (non-hydrogen) atoms. The second-order valence-corrected chi connectivity index (χ2v) is 7.53. The first-order chi connectivity index (χ1) is 14.2. The third-order valence-corrected chi connectivity index (χ3v) is 6.31. The molecule has 2 aromatic carbocycles. The van der Waals surface area contributed by atoms with Gasteiger partial charge in [-0.2, -0.15) is 0 Å². The molecule has 1 saturated heterocycles. The van der Waals surface area contributed by atoms with Crippen LogP contribution in [-0.2, 0) is 4.74 Å². The molecule has 0 radical (unpaired) electrons. The van der Waals surface area contributed by atoms with Crippen molar-refractivity contribution in [2.75, 3.05) is 41.3 Å². The fourth-order valence-corrected chi connectivity index (χ4v) is 5.01. The maximum Gasteiger partial charge on any atom is 0.231 e. The maximum atomic E-state index is 10.1. The van der Waals surface area contributed by atoms with E-state index in [4.69, 9.17) is 28.4 Å². The van der Waals surface area contributed by atoms with E-state index in [1.165, 1.54) is 0 Å². The third kappa shape index (κ3) is 2.64. The van der Waals surface area contributed by atoms with Crippen LogP contribution in [0.25, 0.3) is 0 Å². The summed E-state index contributed by atoms with van der Waals surface area (Å²) in [5, 5.41) is 10.1. The van der Waals surface area contributed by atoms with Gasteiger partial charge in [-0.05, 0) is 41.0 Å². The van der Waals surface area contributed by atoms with E-state index in [0.717, 1.165) is 28.2 Å². The maximum absolute atomic E-state index is 10.1. The van der Waals surface area contributed by atoms with Crippen LogP contribution in [0.3, 0.4) is 0 Å². The molecule has 2 aliphatic heterocycles. The Labute approximate surface area is 169 Å². The van der Waals surface area contributed by atoms with Crippen LogP contribution in [0, 0.1) is 11.8 Å².